The maximum Gasteiger partial charge on any atom is 0.321 e. The Kier molecular flexibility index (Phi) is 11.5. The zero-order valence-corrected chi connectivity index (χ0v) is 13.4. The van der Waals surface area contributed by atoms with E-state index in [4.69, 9.17) is 5.11 Å². The third kappa shape index (κ3) is 7.63. The molecule has 5 heteroatoms. The fourth-order valence-electron chi connectivity index (χ4n) is 2.83. The Morgan fingerprint density at radius 2 is 1.65 bits per heavy atom. The standard InChI is InChI=1S/C15H29NO3.Cu/c1-2-3-4-5-6-7-8-9-10-16-12-13(17)11-14(16)15(18)19;/h13-14,17H,2-12H2,1H3,(H,18,19);/t13-,14+;/m1./s1. The maximum absolute atomic E-state index is 11.0. The molecule has 20 heavy (non-hydrogen) atoms. The van der Waals surface area contributed by atoms with Crippen LogP contribution in [0.4, 0.5) is 0 Å². The smallest absolute Gasteiger partial charge is 0.321 e. The van der Waals surface area contributed by atoms with Crippen LogP contribution in [0.15, 0.2) is 0 Å². The Bertz CT molecular complexity index is 264. The van der Waals surface area contributed by atoms with Gasteiger partial charge in [-0.3, -0.25) is 9.69 Å². The van der Waals surface area contributed by atoms with Crippen molar-refractivity contribution in [1.82, 2.24) is 4.90 Å². The number of aliphatic hydroxyl groups is 1. The largest absolute Gasteiger partial charge is 0.480 e. The molecule has 1 aliphatic rings. The third-order valence-corrected chi connectivity index (χ3v) is 3.97. The van der Waals surface area contributed by atoms with E-state index in [9.17, 15) is 9.90 Å². The van der Waals surface area contributed by atoms with Crippen molar-refractivity contribution >= 4 is 5.97 Å². The van der Waals surface area contributed by atoms with Gasteiger partial charge in [0.15, 0.2) is 0 Å². The molecule has 0 aromatic rings. The van der Waals surface area contributed by atoms with Gasteiger partial charge in [0.2, 0.25) is 0 Å². The van der Waals surface area contributed by atoms with Crippen LogP contribution in [0.1, 0.15) is 64.7 Å². The summed E-state index contributed by atoms with van der Waals surface area (Å²) in [7, 11) is 0. The molecule has 1 heterocycles. The van der Waals surface area contributed by atoms with Crippen LogP contribution in [0.25, 0.3) is 0 Å². The fraction of sp³-hybridized carbons (Fsp3) is 0.933. The van der Waals surface area contributed by atoms with Crippen molar-refractivity contribution in [2.24, 2.45) is 0 Å². The Hall–Kier alpha value is -0.0905. The fourth-order valence-corrected chi connectivity index (χ4v) is 2.83. The second-order valence-electron chi connectivity index (χ2n) is 5.71. The molecule has 1 radical (unpaired) electrons. The molecular formula is C15H29CuNO3. The van der Waals surface area contributed by atoms with Gasteiger partial charge in [0.1, 0.15) is 6.04 Å². The first-order valence-electron chi connectivity index (χ1n) is 7.80. The summed E-state index contributed by atoms with van der Waals surface area (Å²) < 4.78 is 0. The molecule has 0 aliphatic carbocycles. The van der Waals surface area contributed by atoms with Crippen molar-refractivity contribution in [1.29, 1.82) is 0 Å². The average Bonchev–Trinajstić information content (AvgIpc) is 2.74. The van der Waals surface area contributed by atoms with Crippen molar-refractivity contribution in [2.75, 3.05) is 13.1 Å². The summed E-state index contributed by atoms with van der Waals surface area (Å²) >= 11 is 0. The summed E-state index contributed by atoms with van der Waals surface area (Å²) in [5, 5.41) is 18.6. The summed E-state index contributed by atoms with van der Waals surface area (Å²) in [6.45, 7) is 3.56. The molecule has 0 spiro atoms. The van der Waals surface area contributed by atoms with E-state index in [1.807, 2.05) is 4.90 Å². The van der Waals surface area contributed by atoms with Gasteiger partial charge in [-0.05, 0) is 13.0 Å². The zero-order chi connectivity index (χ0) is 14.1. The molecule has 2 N–H and O–H groups in total. The predicted octanol–water partition coefficient (Wildman–Crippen LogP) is 2.64. The molecule has 0 aromatic heterocycles. The number of carboxylic acid groups (broad SMARTS) is 1. The first kappa shape index (κ1) is 19.9. The molecule has 1 rings (SSSR count). The molecule has 0 aromatic carbocycles. The molecule has 4 nitrogen and oxygen atoms in total. The van der Waals surface area contributed by atoms with Crippen LogP contribution in [-0.2, 0) is 21.9 Å². The minimum absolute atomic E-state index is 0. The minimum Gasteiger partial charge on any atom is -0.480 e. The van der Waals surface area contributed by atoms with Crippen molar-refractivity contribution in [3.8, 4) is 0 Å². The third-order valence-electron chi connectivity index (χ3n) is 3.97. The van der Waals surface area contributed by atoms with E-state index in [2.05, 4.69) is 6.92 Å². The van der Waals surface area contributed by atoms with Gasteiger partial charge in [-0.1, -0.05) is 51.9 Å². The summed E-state index contributed by atoms with van der Waals surface area (Å²) in [6, 6.07) is -0.473. The molecular weight excluding hydrogens is 306 g/mol. The number of rotatable bonds is 10. The maximum atomic E-state index is 11.0. The number of carbonyl (C=O) groups is 1. The topological polar surface area (TPSA) is 60.8 Å². The predicted molar refractivity (Wildman–Crippen MR) is 76.2 cm³/mol. The molecule has 1 aliphatic heterocycles. The van der Waals surface area contributed by atoms with Crippen molar-refractivity contribution in [3.05, 3.63) is 0 Å². The van der Waals surface area contributed by atoms with Gasteiger partial charge in [-0.15, -0.1) is 0 Å². The number of aliphatic carboxylic acids is 1. The van der Waals surface area contributed by atoms with Crippen LogP contribution in [0.5, 0.6) is 0 Å². The summed E-state index contributed by atoms with van der Waals surface area (Å²) in [5.74, 6) is -0.795. The van der Waals surface area contributed by atoms with E-state index in [-0.39, 0.29) is 17.1 Å². The molecule has 1 fully saturated rings. The molecule has 123 valence electrons. The van der Waals surface area contributed by atoms with Crippen LogP contribution < -0.4 is 0 Å². The van der Waals surface area contributed by atoms with Crippen LogP contribution in [0.2, 0.25) is 0 Å². The van der Waals surface area contributed by atoms with Gasteiger partial charge in [0.25, 0.3) is 0 Å². The molecule has 0 saturated carbocycles. The van der Waals surface area contributed by atoms with E-state index in [0.717, 1.165) is 13.0 Å². The molecule has 2 atom stereocenters. The van der Waals surface area contributed by atoms with Gasteiger partial charge in [0, 0.05) is 30.0 Å². The Morgan fingerprint density at radius 3 is 2.20 bits per heavy atom. The Balaban J connectivity index is 0.00000361. The quantitative estimate of drug-likeness (QED) is 0.476. The van der Waals surface area contributed by atoms with E-state index in [1.54, 1.807) is 0 Å². The SMILES string of the molecule is CCCCCCCCCCN1C[C@H](O)C[C@H]1C(=O)O.[Cu]. The van der Waals surface area contributed by atoms with Crippen LogP contribution in [0.3, 0.4) is 0 Å². The Labute approximate surface area is 133 Å². The molecule has 1 saturated heterocycles. The second-order valence-corrected chi connectivity index (χ2v) is 5.71. The van der Waals surface area contributed by atoms with Gasteiger partial charge in [0.05, 0.1) is 6.10 Å². The first-order valence-corrected chi connectivity index (χ1v) is 7.80. The number of nitrogens with zero attached hydrogens (tertiary/aromatic N) is 1. The number of β-amino-alcohol motifs (C(OH)–C–C–N with tert-alkyl or cyclic N) is 1. The molecule has 0 unspecified atom stereocenters. The van der Waals surface area contributed by atoms with E-state index >= 15 is 0 Å². The molecule has 0 amide bonds. The van der Waals surface area contributed by atoms with Crippen molar-refractivity contribution in [2.45, 2.75) is 76.9 Å². The first-order chi connectivity index (χ1) is 9.15. The van der Waals surface area contributed by atoms with Gasteiger partial charge in [-0.2, -0.15) is 0 Å². The zero-order valence-electron chi connectivity index (χ0n) is 12.5. The summed E-state index contributed by atoms with van der Waals surface area (Å²) in [4.78, 5) is 13.0. The van der Waals surface area contributed by atoms with Crippen molar-refractivity contribution < 1.29 is 32.1 Å². The number of aliphatic hydroxyl groups excluding tert-OH is 1. The van der Waals surface area contributed by atoms with E-state index < -0.39 is 18.1 Å². The Morgan fingerprint density at radius 1 is 1.10 bits per heavy atom. The minimum atomic E-state index is -0.795. The summed E-state index contributed by atoms with van der Waals surface area (Å²) in [6.07, 6.45) is 9.98. The number of carboxylic acids is 1. The monoisotopic (exact) mass is 334 g/mol. The molecule has 0 bridgehead atoms. The van der Waals surface area contributed by atoms with Crippen molar-refractivity contribution in [3.63, 3.8) is 0 Å². The normalized spacial score (nSPS) is 22.7. The number of hydrogen-bond donors (Lipinski definition) is 2. The van der Waals surface area contributed by atoms with E-state index in [0.29, 0.717) is 13.0 Å². The van der Waals surface area contributed by atoms with Gasteiger partial charge >= 0.3 is 5.97 Å². The number of unbranched alkanes of at least 4 members (excludes halogenated alkanes) is 7. The number of likely N-dealkylation sites (tertiary alicyclic amines) is 1. The van der Waals surface area contributed by atoms with Gasteiger partial charge < -0.3 is 10.2 Å². The van der Waals surface area contributed by atoms with Gasteiger partial charge in [-0.25, -0.2) is 0 Å². The van der Waals surface area contributed by atoms with E-state index in [1.165, 1.54) is 44.9 Å². The van der Waals surface area contributed by atoms with Crippen LogP contribution in [-0.4, -0.2) is 46.3 Å². The number of hydrogen-bond acceptors (Lipinski definition) is 3. The summed E-state index contributed by atoms with van der Waals surface area (Å²) in [5.41, 5.74) is 0. The van der Waals surface area contributed by atoms with Crippen LogP contribution in [0, 0.1) is 0 Å². The average molecular weight is 335 g/mol. The van der Waals surface area contributed by atoms with Crippen LogP contribution >= 0.6 is 0 Å². The second kappa shape index (κ2) is 11.6.